The van der Waals surface area contributed by atoms with Gasteiger partial charge in [-0.3, -0.25) is 0 Å². The van der Waals surface area contributed by atoms with Gasteiger partial charge >= 0.3 is 0 Å². The van der Waals surface area contributed by atoms with Gasteiger partial charge in [0.05, 0.1) is 38.6 Å². The summed E-state index contributed by atoms with van der Waals surface area (Å²) in [6.45, 7) is 1.80. The first-order valence-electron chi connectivity index (χ1n) is 16.4. The van der Waals surface area contributed by atoms with Crippen LogP contribution in [0.5, 0.6) is 0 Å². The minimum absolute atomic E-state index is 0.272. The molecular formula is C40H39N3O5. The second kappa shape index (κ2) is 15.9. The average Bonchev–Trinajstić information content (AvgIpc) is 3.58. The smallest absolute Gasteiger partial charge is 0.181 e. The number of hydrogen-bond donors (Lipinski definition) is 0. The van der Waals surface area contributed by atoms with Crippen LogP contribution >= 0.6 is 0 Å². The molecule has 1 saturated heterocycles. The molecule has 1 aromatic heterocycles. The molecule has 0 saturated carbocycles. The molecule has 0 amide bonds. The van der Waals surface area contributed by atoms with Crippen LogP contribution in [0.3, 0.4) is 0 Å². The lowest BCUT2D eigenvalue weighted by Crippen LogP contribution is -2.59. The van der Waals surface area contributed by atoms with Gasteiger partial charge < -0.3 is 23.7 Å². The molecule has 1 fully saturated rings. The maximum atomic E-state index is 6.97. The van der Waals surface area contributed by atoms with E-state index in [4.69, 9.17) is 23.7 Å². The number of rotatable bonds is 14. The molecule has 7 rings (SSSR count). The number of nitrogens with zero attached hydrogens (tertiary/aromatic N) is 3. The summed E-state index contributed by atoms with van der Waals surface area (Å²) in [6, 6.07) is 48.4. The predicted molar refractivity (Wildman–Crippen MR) is 183 cm³/mol. The highest BCUT2D eigenvalue weighted by Crippen LogP contribution is 2.37. The van der Waals surface area contributed by atoms with E-state index < -0.39 is 30.6 Å². The zero-order chi connectivity index (χ0) is 32.4. The highest BCUT2D eigenvalue weighted by Gasteiger charge is 2.50. The van der Waals surface area contributed by atoms with Crippen molar-refractivity contribution in [1.29, 1.82) is 0 Å². The lowest BCUT2D eigenvalue weighted by Gasteiger charge is -2.46. The van der Waals surface area contributed by atoms with Gasteiger partial charge in [0.2, 0.25) is 0 Å². The molecule has 0 aliphatic carbocycles. The highest BCUT2D eigenvalue weighted by atomic mass is 16.6. The SMILES string of the molecule is c1ccc(COC[C@H]2O[C@@H](n3nnc4ccccc43)[C@H](OCc3ccccc3)[C@@H](OCc3ccccc3)[C@@H]2OCc2ccccc2)cc1. The Hall–Kier alpha value is -4.70. The largest absolute Gasteiger partial charge is 0.374 e. The molecule has 8 heteroatoms. The molecule has 0 N–H and O–H groups in total. The van der Waals surface area contributed by atoms with Gasteiger partial charge in [0, 0.05) is 0 Å². The maximum Gasteiger partial charge on any atom is 0.181 e. The number of hydrogen-bond acceptors (Lipinski definition) is 7. The Balaban J connectivity index is 1.25. The average molecular weight is 642 g/mol. The van der Waals surface area contributed by atoms with Crippen LogP contribution in [-0.4, -0.2) is 46.0 Å². The van der Waals surface area contributed by atoms with Crippen LogP contribution in [0.15, 0.2) is 146 Å². The monoisotopic (exact) mass is 641 g/mol. The molecule has 0 bridgehead atoms. The number of aromatic nitrogens is 3. The molecule has 244 valence electrons. The third kappa shape index (κ3) is 7.87. The Labute approximate surface area is 280 Å². The third-order valence-corrected chi connectivity index (χ3v) is 8.48. The third-order valence-electron chi connectivity index (χ3n) is 8.48. The zero-order valence-corrected chi connectivity index (χ0v) is 26.7. The quantitative estimate of drug-likeness (QED) is 0.124. The fourth-order valence-corrected chi connectivity index (χ4v) is 6.04. The molecule has 0 radical (unpaired) electrons. The lowest BCUT2D eigenvalue weighted by molar-refractivity contribution is -0.291. The summed E-state index contributed by atoms with van der Waals surface area (Å²) in [5, 5.41) is 9.04. The molecule has 5 aromatic carbocycles. The number of benzene rings is 5. The summed E-state index contributed by atoms with van der Waals surface area (Å²) in [5.41, 5.74) is 5.82. The fraction of sp³-hybridized carbons (Fsp3) is 0.250. The Morgan fingerprint density at radius 1 is 0.500 bits per heavy atom. The van der Waals surface area contributed by atoms with Crippen molar-refractivity contribution in [1.82, 2.24) is 15.0 Å². The molecule has 48 heavy (non-hydrogen) atoms. The van der Waals surface area contributed by atoms with Gasteiger partial charge in [-0.2, -0.15) is 0 Å². The first-order chi connectivity index (χ1) is 23.8. The first-order valence-corrected chi connectivity index (χ1v) is 16.4. The van der Waals surface area contributed by atoms with E-state index in [1.807, 2.05) is 114 Å². The van der Waals surface area contributed by atoms with Gasteiger partial charge in [0.15, 0.2) is 6.23 Å². The van der Waals surface area contributed by atoms with Crippen molar-refractivity contribution in [2.24, 2.45) is 0 Å². The Kier molecular flexibility index (Phi) is 10.6. The molecular weight excluding hydrogens is 602 g/mol. The topological polar surface area (TPSA) is 76.9 Å². The summed E-state index contributed by atoms with van der Waals surface area (Å²) >= 11 is 0. The van der Waals surface area contributed by atoms with Gasteiger partial charge in [0.1, 0.15) is 29.9 Å². The second-order valence-corrected chi connectivity index (χ2v) is 11.9. The van der Waals surface area contributed by atoms with Crippen LogP contribution < -0.4 is 0 Å². The molecule has 1 aliphatic heterocycles. The Bertz CT molecular complexity index is 1820. The van der Waals surface area contributed by atoms with Crippen LogP contribution in [0.4, 0.5) is 0 Å². The van der Waals surface area contributed by atoms with Crippen LogP contribution in [0.1, 0.15) is 28.5 Å². The summed E-state index contributed by atoms with van der Waals surface area (Å²) in [4.78, 5) is 0. The molecule has 6 aromatic rings. The number of fused-ring (bicyclic) bond motifs is 1. The van der Waals surface area contributed by atoms with E-state index >= 15 is 0 Å². The van der Waals surface area contributed by atoms with Crippen LogP contribution in [-0.2, 0) is 50.1 Å². The van der Waals surface area contributed by atoms with E-state index in [1.54, 1.807) is 0 Å². The fourth-order valence-electron chi connectivity index (χ4n) is 6.04. The van der Waals surface area contributed by atoms with E-state index in [2.05, 4.69) is 46.7 Å². The highest BCUT2D eigenvalue weighted by molar-refractivity contribution is 5.74. The van der Waals surface area contributed by atoms with Gasteiger partial charge in [0.25, 0.3) is 0 Å². The Morgan fingerprint density at radius 2 is 0.958 bits per heavy atom. The summed E-state index contributed by atoms with van der Waals surface area (Å²) in [7, 11) is 0. The summed E-state index contributed by atoms with van der Waals surface area (Å²) < 4.78 is 35.5. The Morgan fingerprint density at radius 3 is 1.52 bits per heavy atom. The van der Waals surface area contributed by atoms with E-state index in [0.717, 1.165) is 33.3 Å². The normalized spacial score (nSPS) is 21.0. The van der Waals surface area contributed by atoms with Gasteiger partial charge in [-0.15, -0.1) is 5.10 Å². The molecule has 8 nitrogen and oxygen atoms in total. The van der Waals surface area contributed by atoms with E-state index in [9.17, 15) is 0 Å². The van der Waals surface area contributed by atoms with Crippen molar-refractivity contribution >= 4 is 11.0 Å². The maximum absolute atomic E-state index is 6.97. The van der Waals surface area contributed by atoms with Crippen molar-refractivity contribution in [2.45, 2.75) is 57.1 Å². The minimum Gasteiger partial charge on any atom is -0.374 e. The van der Waals surface area contributed by atoms with Crippen LogP contribution in [0.25, 0.3) is 11.0 Å². The molecule has 0 spiro atoms. The number of ether oxygens (including phenoxy) is 5. The number of para-hydroxylation sites is 1. The summed E-state index contributed by atoms with van der Waals surface area (Å²) in [6.07, 6.45) is -2.88. The van der Waals surface area contributed by atoms with Gasteiger partial charge in [-0.1, -0.05) is 139 Å². The van der Waals surface area contributed by atoms with E-state index in [0.29, 0.717) is 26.4 Å². The van der Waals surface area contributed by atoms with Gasteiger partial charge in [-0.25, -0.2) is 4.68 Å². The minimum atomic E-state index is -0.677. The predicted octanol–water partition coefficient (Wildman–Crippen LogP) is 7.30. The van der Waals surface area contributed by atoms with Crippen molar-refractivity contribution in [3.63, 3.8) is 0 Å². The molecule has 5 atom stereocenters. The van der Waals surface area contributed by atoms with Gasteiger partial charge in [-0.05, 0) is 34.4 Å². The molecule has 0 unspecified atom stereocenters. The van der Waals surface area contributed by atoms with Crippen LogP contribution in [0, 0.1) is 0 Å². The van der Waals surface area contributed by atoms with E-state index in [1.165, 1.54) is 0 Å². The van der Waals surface area contributed by atoms with Crippen molar-refractivity contribution in [2.75, 3.05) is 6.61 Å². The molecule has 2 heterocycles. The summed E-state index contributed by atoms with van der Waals surface area (Å²) in [5.74, 6) is 0. The second-order valence-electron chi connectivity index (χ2n) is 11.9. The standard InChI is InChI=1S/C40H39N3O5/c1-5-15-30(16-6-1)25-44-29-36-37(45-26-31-17-7-2-8-18-31)38(46-27-32-19-9-3-10-20-32)39(47-28-33-21-11-4-12-22-33)40(48-36)43-35-24-14-13-23-34(35)41-42-43/h1-24,36-40H,25-29H2/t36-,37-,38+,39-,40-/m1/s1. The van der Waals surface area contributed by atoms with Crippen LogP contribution in [0.2, 0.25) is 0 Å². The zero-order valence-electron chi connectivity index (χ0n) is 26.7. The van der Waals surface area contributed by atoms with Crippen molar-refractivity contribution in [3.8, 4) is 0 Å². The van der Waals surface area contributed by atoms with Crippen molar-refractivity contribution in [3.05, 3.63) is 168 Å². The molecule has 1 aliphatic rings. The van der Waals surface area contributed by atoms with Crippen molar-refractivity contribution < 1.29 is 23.7 Å². The first kappa shape index (κ1) is 31.9. The van der Waals surface area contributed by atoms with E-state index in [-0.39, 0.29) is 6.61 Å². The lowest BCUT2D eigenvalue weighted by atomic mass is 9.96.